The third-order valence-electron chi connectivity index (χ3n) is 1.96. The van der Waals surface area contributed by atoms with Crippen molar-refractivity contribution in [2.75, 3.05) is 0 Å². The van der Waals surface area contributed by atoms with Crippen LogP contribution in [0.3, 0.4) is 0 Å². The lowest BCUT2D eigenvalue weighted by Gasteiger charge is -2.23. The van der Waals surface area contributed by atoms with Gasteiger partial charge in [0, 0.05) is 6.04 Å². The standard InChI is InChI=1S/C8H14F3N/c1-5(2)12-7(6-3-4-6)8(9,10)11/h5-7,12H,3-4H2,1-2H3/t7-/m0/s1. The summed E-state index contributed by atoms with van der Waals surface area (Å²) >= 11 is 0. The smallest absolute Gasteiger partial charge is 0.304 e. The van der Waals surface area contributed by atoms with E-state index in [0.29, 0.717) is 12.8 Å². The van der Waals surface area contributed by atoms with Crippen LogP contribution in [0.5, 0.6) is 0 Å². The summed E-state index contributed by atoms with van der Waals surface area (Å²) in [7, 11) is 0. The molecule has 1 nitrogen and oxygen atoms in total. The highest BCUT2D eigenvalue weighted by molar-refractivity contribution is 4.91. The van der Waals surface area contributed by atoms with Crippen LogP contribution in [-0.4, -0.2) is 18.3 Å². The van der Waals surface area contributed by atoms with E-state index in [0.717, 1.165) is 0 Å². The third kappa shape index (κ3) is 2.66. The maximum Gasteiger partial charge on any atom is 0.404 e. The molecule has 0 aromatic heterocycles. The molecule has 12 heavy (non-hydrogen) atoms. The molecule has 1 saturated carbocycles. The molecule has 0 unspecified atom stereocenters. The van der Waals surface area contributed by atoms with Crippen LogP contribution >= 0.6 is 0 Å². The van der Waals surface area contributed by atoms with Gasteiger partial charge in [-0.1, -0.05) is 13.8 Å². The summed E-state index contributed by atoms with van der Waals surface area (Å²) in [6, 6.07) is -1.38. The number of rotatable bonds is 3. The Hall–Kier alpha value is -0.250. The molecule has 1 aliphatic rings. The molecular formula is C8H14F3N. The Kier molecular flexibility index (Phi) is 2.66. The van der Waals surface area contributed by atoms with Crippen molar-refractivity contribution < 1.29 is 13.2 Å². The first-order chi connectivity index (χ1) is 5.41. The van der Waals surface area contributed by atoms with Crippen molar-refractivity contribution in [2.24, 2.45) is 5.92 Å². The van der Waals surface area contributed by atoms with E-state index in [-0.39, 0.29) is 12.0 Å². The van der Waals surface area contributed by atoms with Gasteiger partial charge in [-0.25, -0.2) is 0 Å². The van der Waals surface area contributed by atoms with E-state index in [1.54, 1.807) is 13.8 Å². The van der Waals surface area contributed by atoms with Gasteiger partial charge in [0.1, 0.15) is 6.04 Å². The highest BCUT2D eigenvalue weighted by Crippen LogP contribution is 2.40. The van der Waals surface area contributed by atoms with Gasteiger partial charge in [0.25, 0.3) is 0 Å². The van der Waals surface area contributed by atoms with E-state index >= 15 is 0 Å². The first kappa shape index (κ1) is 9.84. The molecule has 0 radical (unpaired) electrons. The molecule has 0 saturated heterocycles. The fourth-order valence-electron chi connectivity index (χ4n) is 1.29. The second kappa shape index (κ2) is 3.24. The van der Waals surface area contributed by atoms with Gasteiger partial charge in [0.15, 0.2) is 0 Å². The van der Waals surface area contributed by atoms with Crippen LogP contribution in [0.25, 0.3) is 0 Å². The lowest BCUT2D eigenvalue weighted by molar-refractivity contribution is -0.162. The van der Waals surface area contributed by atoms with Gasteiger partial charge in [-0.2, -0.15) is 13.2 Å². The molecule has 1 fully saturated rings. The van der Waals surface area contributed by atoms with Crippen molar-refractivity contribution in [1.29, 1.82) is 0 Å². The Morgan fingerprint density at radius 2 is 1.75 bits per heavy atom. The van der Waals surface area contributed by atoms with E-state index in [4.69, 9.17) is 0 Å². The van der Waals surface area contributed by atoms with E-state index in [2.05, 4.69) is 5.32 Å². The van der Waals surface area contributed by atoms with E-state index < -0.39 is 12.2 Å². The van der Waals surface area contributed by atoms with Crippen molar-refractivity contribution in [3.63, 3.8) is 0 Å². The summed E-state index contributed by atoms with van der Waals surface area (Å²) in [6.45, 7) is 3.47. The molecular weight excluding hydrogens is 167 g/mol. The van der Waals surface area contributed by atoms with Crippen LogP contribution in [0.1, 0.15) is 26.7 Å². The molecule has 4 heteroatoms. The predicted molar refractivity (Wildman–Crippen MR) is 40.8 cm³/mol. The van der Waals surface area contributed by atoms with E-state index in [1.807, 2.05) is 0 Å². The molecule has 1 rings (SSSR count). The fraction of sp³-hybridized carbons (Fsp3) is 1.00. The van der Waals surface area contributed by atoms with Crippen LogP contribution in [0.15, 0.2) is 0 Å². The lowest BCUT2D eigenvalue weighted by atomic mass is 10.1. The number of alkyl halides is 3. The fourth-order valence-corrected chi connectivity index (χ4v) is 1.29. The van der Waals surface area contributed by atoms with Gasteiger partial charge < -0.3 is 5.32 Å². The molecule has 0 aromatic rings. The third-order valence-corrected chi connectivity index (χ3v) is 1.96. The Bertz CT molecular complexity index is 149. The Balaban J connectivity index is 2.49. The summed E-state index contributed by atoms with van der Waals surface area (Å²) in [5.41, 5.74) is 0. The zero-order valence-electron chi connectivity index (χ0n) is 7.28. The largest absolute Gasteiger partial charge is 0.404 e. The van der Waals surface area contributed by atoms with Crippen LogP contribution < -0.4 is 5.32 Å². The van der Waals surface area contributed by atoms with Crippen LogP contribution in [0.4, 0.5) is 13.2 Å². The topological polar surface area (TPSA) is 12.0 Å². The number of hydrogen-bond donors (Lipinski definition) is 1. The zero-order valence-corrected chi connectivity index (χ0v) is 7.28. The van der Waals surface area contributed by atoms with E-state index in [1.165, 1.54) is 0 Å². The SMILES string of the molecule is CC(C)N[C@@H](C1CC1)C(F)(F)F. The molecule has 0 aromatic carbocycles. The summed E-state index contributed by atoms with van der Waals surface area (Å²) < 4.78 is 36.9. The van der Waals surface area contributed by atoms with Gasteiger partial charge in [-0.05, 0) is 18.8 Å². The van der Waals surface area contributed by atoms with Crippen molar-refractivity contribution in [1.82, 2.24) is 5.32 Å². The first-order valence-electron chi connectivity index (χ1n) is 4.24. The first-order valence-corrected chi connectivity index (χ1v) is 4.24. The van der Waals surface area contributed by atoms with Gasteiger partial charge in [0.2, 0.25) is 0 Å². The summed E-state index contributed by atoms with van der Waals surface area (Å²) in [4.78, 5) is 0. The van der Waals surface area contributed by atoms with Crippen LogP contribution in [0, 0.1) is 5.92 Å². The highest BCUT2D eigenvalue weighted by atomic mass is 19.4. The minimum absolute atomic E-state index is 0.0998. The average Bonchev–Trinajstić information content (AvgIpc) is 2.60. The van der Waals surface area contributed by atoms with Gasteiger partial charge in [0.05, 0.1) is 0 Å². The van der Waals surface area contributed by atoms with Gasteiger partial charge in [-0.15, -0.1) is 0 Å². The second-order valence-corrected chi connectivity index (χ2v) is 3.68. The van der Waals surface area contributed by atoms with Crippen molar-refractivity contribution in [2.45, 2.75) is 44.9 Å². The maximum absolute atomic E-state index is 12.3. The summed E-state index contributed by atoms with van der Waals surface area (Å²) in [5, 5.41) is 2.56. The van der Waals surface area contributed by atoms with Crippen molar-refractivity contribution >= 4 is 0 Å². The second-order valence-electron chi connectivity index (χ2n) is 3.68. The monoisotopic (exact) mass is 181 g/mol. The molecule has 72 valence electrons. The summed E-state index contributed by atoms with van der Waals surface area (Å²) in [5.74, 6) is -0.174. The predicted octanol–water partition coefficient (Wildman–Crippen LogP) is 2.33. The zero-order chi connectivity index (χ0) is 9.35. The van der Waals surface area contributed by atoms with Gasteiger partial charge in [-0.3, -0.25) is 0 Å². The minimum atomic E-state index is -4.08. The Morgan fingerprint density at radius 1 is 1.25 bits per heavy atom. The molecule has 1 N–H and O–H groups in total. The lowest BCUT2D eigenvalue weighted by Crippen LogP contribution is -2.46. The maximum atomic E-state index is 12.3. The number of hydrogen-bond acceptors (Lipinski definition) is 1. The average molecular weight is 181 g/mol. The minimum Gasteiger partial charge on any atom is -0.304 e. The quantitative estimate of drug-likeness (QED) is 0.704. The molecule has 0 heterocycles. The number of nitrogens with one attached hydrogen (secondary N) is 1. The van der Waals surface area contributed by atoms with Crippen molar-refractivity contribution in [3.8, 4) is 0 Å². The molecule has 1 aliphatic carbocycles. The van der Waals surface area contributed by atoms with Crippen molar-refractivity contribution in [3.05, 3.63) is 0 Å². The molecule has 0 bridgehead atoms. The molecule has 0 spiro atoms. The van der Waals surface area contributed by atoms with Crippen LogP contribution in [0.2, 0.25) is 0 Å². The summed E-state index contributed by atoms with van der Waals surface area (Å²) in [6.07, 6.45) is -2.65. The van der Waals surface area contributed by atoms with E-state index in [9.17, 15) is 13.2 Å². The molecule has 0 aliphatic heterocycles. The van der Waals surface area contributed by atoms with Crippen LogP contribution in [-0.2, 0) is 0 Å². The highest BCUT2D eigenvalue weighted by Gasteiger charge is 2.48. The normalized spacial score (nSPS) is 21.5. The van der Waals surface area contributed by atoms with Gasteiger partial charge >= 0.3 is 6.18 Å². The molecule has 1 atom stereocenters. The Labute approximate surface area is 70.3 Å². The Morgan fingerprint density at radius 3 is 2.00 bits per heavy atom. The number of halogens is 3. The molecule has 0 amide bonds.